The highest BCUT2D eigenvalue weighted by molar-refractivity contribution is 7.99. The summed E-state index contributed by atoms with van der Waals surface area (Å²) in [6.07, 6.45) is 4.15. The zero-order chi connectivity index (χ0) is 13.9. The molecule has 1 fully saturated rings. The van der Waals surface area contributed by atoms with Gasteiger partial charge < -0.3 is 14.8 Å². The van der Waals surface area contributed by atoms with Crippen LogP contribution in [0.5, 0.6) is 0 Å². The van der Waals surface area contributed by atoms with Gasteiger partial charge in [-0.15, -0.1) is 0 Å². The Morgan fingerprint density at radius 1 is 1.42 bits per heavy atom. The molecule has 0 aromatic carbocycles. The number of hydrogen-bond acceptors (Lipinski definition) is 5. The molecular formula is C14H27NO3S. The molecule has 1 N–H and O–H groups in total. The molecule has 0 amide bonds. The first-order valence-electron chi connectivity index (χ1n) is 7.37. The number of hydrogen-bond donors (Lipinski definition) is 1. The zero-order valence-electron chi connectivity index (χ0n) is 12.2. The van der Waals surface area contributed by atoms with E-state index in [4.69, 9.17) is 9.47 Å². The van der Waals surface area contributed by atoms with Crippen molar-refractivity contribution in [2.75, 3.05) is 32.1 Å². The highest BCUT2D eigenvalue weighted by Crippen LogP contribution is 2.23. The summed E-state index contributed by atoms with van der Waals surface area (Å²) in [7, 11) is 0. The Bertz CT molecular complexity index is 245. The number of ether oxygens (including phenoxy) is 2. The van der Waals surface area contributed by atoms with E-state index in [9.17, 15) is 4.79 Å². The molecule has 1 unspecified atom stereocenters. The van der Waals surface area contributed by atoms with Gasteiger partial charge in [-0.2, -0.15) is 11.8 Å². The van der Waals surface area contributed by atoms with Crippen molar-refractivity contribution in [1.82, 2.24) is 5.32 Å². The number of thioether (sulfide) groups is 1. The number of esters is 1. The largest absolute Gasteiger partial charge is 0.465 e. The molecule has 0 saturated carbocycles. The minimum Gasteiger partial charge on any atom is -0.465 e. The lowest BCUT2D eigenvalue weighted by Crippen LogP contribution is -2.39. The predicted molar refractivity (Wildman–Crippen MR) is 79.6 cm³/mol. The Hall–Kier alpha value is -0.260. The Morgan fingerprint density at radius 2 is 2.16 bits per heavy atom. The van der Waals surface area contributed by atoms with Crippen molar-refractivity contribution in [3.05, 3.63) is 0 Å². The summed E-state index contributed by atoms with van der Waals surface area (Å²) >= 11 is 1.97. The molecular weight excluding hydrogens is 262 g/mol. The van der Waals surface area contributed by atoms with E-state index in [1.54, 1.807) is 0 Å². The van der Waals surface area contributed by atoms with E-state index in [0.717, 1.165) is 51.2 Å². The molecule has 0 bridgehead atoms. The third-order valence-electron chi connectivity index (χ3n) is 3.14. The van der Waals surface area contributed by atoms with Crippen LogP contribution < -0.4 is 5.32 Å². The molecule has 1 atom stereocenters. The molecule has 19 heavy (non-hydrogen) atoms. The topological polar surface area (TPSA) is 47.6 Å². The Morgan fingerprint density at radius 3 is 2.79 bits per heavy atom. The maximum absolute atomic E-state index is 11.8. The number of carbonyl (C=O) groups is 1. The van der Waals surface area contributed by atoms with Gasteiger partial charge in [0.2, 0.25) is 0 Å². The molecule has 5 heteroatoms. The average Bonchev–Trinajstić information content (AvgIpc) is 2.44. The minimum absolute atomic E-state index is 0.108. The van der Waals surface area contributed by atoms with E-state index in [0.29, 0.717) is 11.9 Å². The molecule has 0 aromatic rings. The van der Waals surface area contributed by atoms with Gasteiger partial charge in [0.15, 0.2) is 0 Å². The second-order valence-electron chi connectivity index (χ2n) is 4.73. The van der Waals surface area contributed by atoms with Crippen LogP contribution in [0.3, 0.4) is 0 Å². The van der Waals surface area contributed by atoms with E-state index in [1.165, 1.54) is 0 Å². The molecule has 1 aliphatic heterocycles. The van der Waals surface area contributed by atoms with Crippen molar-refractivity contribution in [3.8, 4) is 0 Å². The van der Waals surface area contributed by atoms with Crippen LogP contribution in [0.1, 0.15) is 39.5 Å². The van der Waals surface area contributed by atoms with E-state index in [1.807, 2.05) is 18.7 Å². The molecule has 0 aliphatic carbocycles. The second kappa shape index (κ2) is 10.5. The first-order chi connectivity index (χ1) is 9.27. The van der Waals surface area contributed by atoms with Crippen LogP contribution in [0.15, 0.2) is 0 Å². The van der Waals surface area contributed by atoms with Crippen LogP contribution >= 0.6 is 11.8 Å². The monoisotopic (exact) mass is 289 g/mol. The Kier molecular flexibility index (Phi) is 9.30. The van der Waals surface area contributed by atoms with Gasteiger partial charge in [0.05, 0.1) is 6.61 Å². The maximum atomic E-state index is 11.8. The zero-order valence-corrected chi connectivity index (χ0v) is 13.0. The summed E-state index contributed by atoms with van der Waals surface area (Å²) in [4.78, 5) is 11.8. The van der Waals surface area contributed by atoms with E-state index in [-0.39, 0.29) is 12.0 Å². The summed E-state index contributed by atoms with van der Waals surface area (Å²) in [5.41, 5.74) is 0. The fraction of sp³-hybridized carbons (Fsp3) is 0.929. The fourth-order valence-electron chi connectivity index (χ4n) is 2.06. The predicted octanol–water partition coefficient (Wildman–Crippen LogP) is 2.22. The van der Waals surface area contributed by atoms with Crippen molar-refractivity contribution in [2.24, 2.45) is 0 Å². The van der Waals surface area contributed by atoms with Gasteiger partial charge in [-0.3, -0.25) is 4.79 Å². The molecule has 0 spiro atoms. The van der Waals surface area contributed by atoms with E-state index in [2.05, 4.69) is 12.2 Å². The average molecular weight is 289 g/mol. The van der Waals surface area contributed by atoms with Crippen LogP contribution in [0.2, 0.25) is 0 Å². The first-order valence-corrected chi connectivity index (χ1v) is 8.42. The minimum atomic E-state index is -0.146. The van der Waals surface area contributed by atoms with Crippen LogP contribution in [0.25, 0.3) is 0 Å². The SMILES string of the molecule is CCCNC(CCSC1CCOCC1)C(=O)OCC. The van der Waals surface area contributed by atoms with Crippen molar-refractivity contribution >= 4 is 17.7 Å². The first kappa shape index (κ1) is 16.8. The second-order valence-corrected chi connectivity index (χ2v) is 6.14. The molecule has 0 aromatic heterocycles. The standard InChI is InChI=1S/C14H27NO3S/c1-3-8-15-13(14(16)18-4-2)7-11-19-12-5-9-17-10-6-12/h12-13,15H,3-11H2,1-2H3. The van der Waals surface area contributed by atoms with Gasteiger partial charge in [0.25, 0.3) is 0 Å². The number of carbonyl (C=O) groups excluding carboxylic acids is 1. The van der Waals surface area contributed by atoms with Gasteiger partial charge in [-0.25, -0.2) is 0 Å². The highest BCUT2D eigenvalue weighted by atomic mass is 32.2. The quantitative estimate of drug-likeness (QED) is 0.660. The van der Waals surface area contributed by atoms with Gasteiger partial charge in [0, 0.05) is 18.5 Å². The lowest BCUT2D eigenvalue weighted by Gasteiger charge is -2.22. The van der Waals surface area contributed by atoms with Crippen molar-refractivity contribution < 1.29 is 14.3 Å². The normalized spacial score (nSPS) is 18.2. The summed E-state index contributed by atoms with van der Waals surface area (Å²) in [5.74, 6) is 0.897. The summed E-state index contributed by atoms with van der Waals surface area (Å²) < 4.78 is 10.5. The van der Waals surface area contributed by atoms with Crippen LogP contribution in [-0.4, -0.2) is 49.4 Å². The third-order valence-corrected chi connectivity index (χ3v) is 4.55. The van der Waals surface area contributed by atoms with Gasteiger partial charge in [0.1, 0.15) is 6.04 Å². The van der Waals surface area contributed by atoms with Crippen LogP contribution in [0, 0.1) is 0 Å². The summed E-state index contributed by atoms with van der Waals surface area (Å²) in [6.45, 7) is 7.04. The lowest BCUT2D eigenvalue weighted by atomic mass is 10.2. The van der Waals surface area contributed by atoms with Gasteiger partial charge in [-0.05, 0) is 44.9 Å². The molecule has 112 valence electrons. The van der Waals surface area contributed by atoms with Gasteiger partial charge >= 0.3 is 5.97 Å². The number of nitrogens with one attached hydrogen (secondary N) is 1. The van der Waals surface area contributed by atoms with Gasteiger partial charge in [-0.1, -0.05) is 6.92 Å². The highest BCUT2D eigenvalue weighted by Gasteiger charge is 2.20. The molecule has 1 saturated heterocycles. The molecule has 0 radical (unpaired) electrons. The van der Waals surface area contributed by atoms with Crippen molar-refractivity contribution in [2.45, 2.75) is 50.8 Å². The van der Waals surface area contributed by atoms with E-state index >= 15 is 0 Å². The lowest BCUT2D eigenvalue weighted by molar-refractivity contribution is -0.145. The van der Waals surface area contributed by atoms with E-state index < -0.39 is 0 Å². The maximum Gasteiger partial charge on any atom is 0.323 e. The summed E-state index contributed by atoms with van der Waals surface area (Å²) in [6, 6.07) is -0.146. The Balaban J connectivity index is 2.24. The van der Waals surface area contributed by atoms with Crippen molar-refractivity contribution in [3.63, 3.8) is 0 Å². The Labute approximate surface area is 121 Å². The number of rotatable bonds is 9. The van der Waals surface area contributed by atoms with Crippen LogP contribution in [-0.2, 0) is 14.3 Å². The van der Waals surface area contributed by atoms with Crippen molar-refractivity contribution in [1.29, 1.82) is 0 Å². The summed E-state index contributed by atoms with van der Waals surface area (Å²) in [5, 5.41) is 3.98. The smallest absolute Gasteiger partial charge is 0.323 e. The third kappa shape index (κ3) is 7.18. The molecule has 1 heterocycles. The van der Waals surface area contributed by atoms with Crippen LogP contribution in [0.4, 0.5) is 0 Å². The molecule has 4 nitrogen and oxygen atoms in total. The fourth-order valence-corrected chi connectivity index (χ4v) is 3.29. The molecule has 1 rings (SSSR count). The molecule has 1 aliphatic rings.